The Morgan fingerprint density at radius 1 is 1.42 bits per heavy atom. The Bertz CT molecular complexity index is 458. The zero-order valence-electron chi connectivity index (χ0n) is 11.2. The first-order valence-corrected chi connectivity index (χ1v) is 6.74. The molecule has 0 aliphatic carbocycles. The van der Waals surface area contributed by atoms with Crippen LogP contribution in [0.15, 0.2) is 30.3 Å². The molecule has 19 heavy (non-hydrogen) atoms. The van der Waals surface area contributed by atoms with E-state index in [9.17, 15) is 9.59 Å². The molecule has 0 bridgehead atoms. The van der Waals surface area contributed by atoms with Crippen LogP contribution in [0, 0.1) is 5.92 Å². The van der Waals surface area contributed by atoms with Crippen molar-refractivity contribution >= 4 is 11.8 Å². The highest BCUT2D eigenvalue weighted by Crippen LogP contribution is 2.24. The van der Waals surface area contributed by atoms with Gasteiger partial charge < -0.3 is 10.6 Å². The molecular formula is C15H20N2O2. The molecule has 0 aromatic heterocycles. The van der Waals surface area contributed by atoms with Crippen LogP contribution in [-0.4, -0.2) is 29.3 Å². The molecule has 0 unspecified atom stereocenters. The highest BCUT2D eigenvalue weighted by Gasteiger charge is 2.35. The van der Waals surface area contributed by atoms with E-state index in [0.29, 0.717) is 19.4 Å². The number of hydrogen-bond acceptors (Lipinski definition) is 2. The Kier molecular flexibility index (Phi) is 4.20. The Morgan fingerprint density at radius 3 is 2.68 bits per heavy atom. The first kappa shape index (κ1) is 13.6. The van der Waals surface area contributed by atoms with Crippen molar-refractivity contribution in [1.82, 2.24) is 4.90 Å². The molecule has 1 aliphatic rings. The summed E-state index contributed by atoms with van der Waals surface area (Å²) in [5.41, 5.74) is 6.59. The molecule has 2 atom stereocenters. The van der Waals surface area contributed by atoms with E-state index in [4.69, 9.17) is 5.73 Å². The van der Waals surface area contributed by atoms with E-state index in [1.807, 2.05) is 25.1 Å². The number of likely N-dealkylation sites (tertiary alicyclic amines) is 1. The van der Waals surface area contributed by atoms with Gasteiger partial charge in [0.05, 0.1) is 0 Å². The van der Waals surface area contributed by atoms with Gasteiger partial charge in [-0.3, -0.25) is 9.59 Å². The fourth-order valence-electron chi connectivity index (χ4n) is 2.77. The second-order valence-electron chi connectivity index (χ2n) is 5.13. The predicted octanol–water partition coefficient (Wildman–Crippen LogP) is 1.34. The lowest BCUT2D eigenvalue weighted by Crippen LogP contribution is -2.45. The third kappa shape index (κ3) is 3.13. The summed E-state index contributed by atoms with van der Waals surface area (Å²) in [7, 11) is 0. The molecule has 2 N–H and O–H groups in total. The van der Waals surface area contributed by atoms with Crippen molar-refractivity contribution in [3.8, 4) is 0 Å². The highest BCUT2D eigenvalue weighted by atomic mass is 16.2. The van der Waals surface area contributed by atoms with Crippen LogP contribution >= 0.6 is 0 Å². The van der Waals surface area contributed by atoms with E-state index in [2.05, 4.69) is 12.1 Å². The molecule has 102 valence electrons. The molecule has 1 saturated heterocycles. The summed E-state index contributed by atoms with van der Waals surface area (Å²) >= 11 is 0. The van der Waals surface area contributed by atoms with Gasteiger partial charge in [0.2, 0.25) is 11.8 Å². The molecule has 1 aromatic carbocycles. The van der Waals surface area contributed by atoms with E-state index in [1.165, 1.54) is 5.56 Å². The van der Waals surface area contributed by atoms with Crippen molar-refractivity contribution in [2.24, 2.45) is 11.7 Å². The first-order chi connectivity index (χ1) is 9.11. The standard InChI is InChI=1S/C15H20N2O2/c1-2-13(15(16)19)17-10-12(9-14(17)18)8-11-6-4-3-5-7-11/h3-7,12-13H,2,8-10H2,1H3,(H2,16,19)/t12-,13+/m1/s1. The fourth-order valence-corrected chi connectivity index (χ4v) is 2.77. The molecule has 0 spiro atoms. The number of hydrogen-bond donors (Lipinski definition) is 1. The molecule has 2 amide bonds. The maximum atomic E-state index is 12.0. The number of carbonyl (C=O) groups excluding carboxylic acids is 2. The summed E-state index contributed by atoms with van der Waals surface area (Å²) in [6.07, 6.45) is 1.97. The van der Waals surface area contributed by atoms with Crippen LogP contribution < -0.4 is 5.73 Å². The normalized spacial score (nSPS) is 20.6. The maximum absolute atomic E-state index is 12.0. The quantitative estimate of drug-likeness (QED) is 0.868. The first-order valence-electron chi connectivity index (χ1n) is 6.74. The molecule has 0 saturated carbocycles. The number of carbonyl (C=O) groups is 2. The fraction of sp³-hybridized carbons (Fsp3) is 0.467. The molecule has 1 aliphatic heterocycles. The third-order valence-corrected chi connectivity index (χ3v) is 3.70. The lowest BCUT2D eigenvalue weighted by molar-refractivity contribution is -0.136. The lowest BCUT2D eigenvalue weighted by atomic mass is 9.99. The number of primary amides is 1. The number of amides is 2. The summed E-state index contributed by atoms with van der Waals surface area (Å²) in [5.74, 6) is -0.0777. The van der Waals surface area contributed by atoms with Crippen molar-refractivity contribution in [1.29, 1.82) is 0 Å². The molecule has 1 aromatic rings. The van der Waals surface area contributed by atoms with Gasteiger partial charge in [0, 0.05) is 13.0 Å². The minimum Gasteiger partial charge on any atom is -0.368 e. The van der Waals surface area contributed by atoms with Crippen molar-refractivity contribution in [2.75, 3.05) is 6.54 Å². The third-order valence-electron chi connectivity index (χ3n) is 3.70. The molecule has 1 heterocycles. The van der Waals surface area contributed by atoms with E-state index in [1.54, 1.807) is 4.90 Å². The van der Waals surface area contributed by atoms with E-state index in [0.717, 1.165) is 6.42 Å². The molecular weight excluding hydrogens is 240 g/mol. The molecule has 4 heteroatoms. The number of rotatable bonds is 5. The van der Waals surface area contributed by atoms with Gasteiger partial charge in [0.1, 0.15) is 6.04 Å². The average Bonchev–Trinajstić information content (AvgIpc) is 2.72. The van der Waals surface area contributed by atoms with Gasteiger partial charge in [-0.15, -0.1) is 0 Å². The summed E-state index contributed by atoms with van der Waals surface area (Å²) in [6, 6.07) is 9.67. The minimum absolute atomic E-state index is 0.0478. The van der Waals surface area contributed by atoms with Gasteiger partial charge in [-0.25, -0.2) is 0 Å². The Hall–Kier alpha value is -1.84. The van der Waals surface area contributed by atoms with Crippen LogP contribution in [0.2, 0.25) is 0 Å². The van der Waals surface area contributed by atoms with Gasteiger partial charge in [0.15, 0.2) is 0 Å². The minimum atomic E-state index is -0.451. The van der Waals surface area contributed by atoms with Gasteiger partial charge in [-0.1, -0.05) is 37.3 Å². The van der Waals surface area contributed by atoms with Gasteiger partial charge >= 0.3 is 0 Å². The SMILES string of the molecule is CC[C@@H](C(N)=O)N1C[C@H](Cc2ccccc2)CC1=O. The number of nitrogens with zero attached hydrogens (tertiary/aromatic N) is 1. The summed E-state index contributed by atoms with van der Waals surface area (Å²) in [6.45, 7) is 2.52. The number of benzene rings is 1. The van der Waals surface area contributed by atoms with Crippen molar-refractivity contribution < 1.29 is 9.59 Å². The summed E-state index contributed by atoms with van der Waals surface area (Å²) in [4.78, 5) is 25.0. The van der Waals surface area contributed by atoms with Gasteiger partial charge in [-0.05, 0) is 24.3 Å². The van der Waals surface area contributed by atoms with Crippen molar-refractivity contribution in [2.45, 2.75) is 32.2 Å². The van der Waals surface area contributed by atoms with Gasteiger partial charge in [0.25, 0.3) is 0 Å². The predicted molar refractivity (Wildman–Crippen MR) is 73.2 cm³/mol. The lowest BCUT2D eigenvalue weighted by Gasteiger charge is -2.24. The van der Waals surface area contributed by atoms with Crippen LogP contribution in [0.5, 0.6) is 0 Å². The molecule has 4 nitrogen and oxygen atoms in total. The largest absolute Gasteiger partial charge is 0.368 e. The number of nitrogens with two attached hydrogens (primary N) is 1. The Balaban J connectivity index is 2.01. The Labute approximate surface area is 113 Å². The molecule has 1 fully saturated rings. The van der Waals surface area contributed by atoms with Crippen LogP contribution in [0.1, 0.15) is 25.3 Å². The highest BCUT2D eigenvalue weighted by molar-refractivity contribution is 5.87. The van der Waals surface area contributed by atoms with Crippen LogP contribution in [-0.2, 0) is 16.0 Å². The molecule has 0 radical (unpaired) electrons. The van der Waals surface area contributed by atoms with E-state index in [-0.39, 0.29) is 11.8 Å². The monoisotopic (exact) mass is 260 g/mol. The molecule has 2 rings (SSSR count). The summed E-state index contributed by atoms with van der Waals surface area (Å²) < 4.78 is 0. The van der Waals surface area contributed by atoms with Crippen LogP contribution in [0.3, 0.4) is 0 Å². The Morgan fingerprint density at radius 2 is 2.11 bits per heavy atom. The van der Waals surface area contributed by atoms with Crippen molar-refractivity contribution in [3.63, 3.8) is 0 Å². The van der Waals surface area contributed by atoms with E-state index >= 15 is 0 Å². The summed E-state index contributed by atoms with van der Waals surface area (Å²) in [5, 5.41) is 0. The second kappa shape index (κ2) is 5.87. The zero-order valence-corrected chi connectivity index (χ0v) is 11.2. The second-order valence-corrected chi connectivity index (χ2v) is 5.13. The average molecular weight is 260 g/mol. The van der Waals surface area contributed by atoms with Crippen molar-refractivity contribution in [3.05, 3.63) is 35.9 Å². The van der Waals surface area contributed by atoms with E-state index < -0.39 is 11.9 Å². The van der Waals surface area contributed by atoms with Crippen LogP contribution in [0.25, 0.3) is 0 Å². The topological polar surface area (TPSA) is 63.4 Å². The maximum Gasteiger partial charge on any atom is 0.240 e. The van der Waals surface area contributed by atoms with Crippen LogP contribution in [0.4, 0.5) is 0 Å². The zero-order chi connectivity index (χ0) is 13.8. The smallest absolute Gasteiger partial charge is 0.240 e. The van der Waals surface area contributed by atoms with Gasteiger partial charge in [-0.2, -0.15) is 0 Å².